The number of benzene rings is 1. The Morgan fingerprint density at radius 1 is 0.565 bits per heavy atom. The van der Waals surface area contributed by atoms with E-state index < -0.39 is 0 Å². The molecule has 1 nitrogen and oxygen atoms in total. The normalized spacial score (nSPS) is 14.1. The van der Waals surface area contributed by atoms with Gasteiger partial charge in [-0.15, -0.1) is 0 Å². The maximum absolute atomic E-state index is 3.81. The minimum absolute atomic E-state index is 0.0449. The molecule has 0 amide bonds. The molecule has 0 aliphatic carbocycles. The van der Waals surface area contributed by atoms with E-state index in [9.17, 15) is 0 Å². The summed E-state index contributed by atoms with van der Waals surface area (Å²) in [5.74, 6) is 0. The highest BCUT2D eigenvalue weighted by atomic mass is 15.0. The van der Waals surface area contributed by atoms with Crippen LogP contribution in [0.5, 0.6) is 0 Å². The van der Waals surface area contributed by atoms with Crippen molar-refractivity contribution in [3.05, 3.63) is 28.8 Å². The fraction of sp³-hybridized carbons (Fsp3) is 0.727. The van der Waals surface area contributed by atoms with Crippen molar-refractivity contribution in [2.24, 2.45) is 0 Å². The lowest BCUT2D eigenvalue weighted by molar-refractivity contribution is 0.543. The van der Waals surface area contributed by atoms with Gasteiger partial charge in [-0.1, -0.05) is 74.4 Å². The molecule has 0 radical (unpaired) electrons. The molecule has 0 heterocycles. The van der Waals surface area contributed by atoms with Gasteiger partial charge < -0.3 is 5.32 Å². The third-order valence-corrected chi connectivity index (χ3v) is 4.12. The predicted molar refractivity (Wildman–Crippen MR) is 106 cm³/mol. The summed E-state index contributed by atoms with van der Waals surface area (Å²) >= 11 is 0. The monoisotopic (exact) mass is 317 g/mol. The molecule has 0 unspecified atom stereocenters. The molecule has 1 heteroatoms. The summed E-state index contributed by atoms with van der Waals surface area (Å²) in [5, 5.41) is 3.81. The molecular formula is C22H39N. The Labute approximate surface area is 145 Å². The highest BCUT2D eigenvalue weighted by molar-refractivity contribution is 5.65. The highest BCUT2D eigenvalue weighted by Crippen LogP contribution is 2.42. The summed E-state index contributed by atoms with van der Waals surface area (Å²) in [6.07, 6.45) is 0. The van der Waals surface area contributed by atoms with Crippen LogP contribution in [0.4, 0.5) is 5.69 Å². The van der Waals surface area contributed by atoms with Crippen molar-refractivity contribution >= 4 is 5.69 Å². The van der Waals surface area contributed by atoms with Crippen molar-refractivity contribution in [2.45, 2.75) is 105 Å². The summed E-state index contributed by atoms with van der Waals surface area (Å²) in [5.41, 5.74) is 6.00. The van der Waals surface area contributed by atoms with Crippen molar-refractivity contribution in [1.29, 1.82) is 0 Å². The standard InChI is InChI=1S/C22H39N/c1-19(2,3)15-13-16(20(4,5)6)18(23-22(10,11)12)17(14-15)21(7,8)9/h13-14,23H,1-12H3. The van der Waals surface area contributed by atoms with Crippen LogP contribution >= 0.6 is 0 Å². The second-order valence-electron chi connectivity index (χ2n) is 11.1. The Kier molecular flexibility index (Phi) is 5.08. The predicted octanol–water partition coefficient (Wildman–Crippen LogP) is 6.79. The van der Waals surface area contributed by atoms with Crippen LogP contribution in [0.3, 0.4) is 0 Å². The number of hydrogen-bond donors (Lipinski definition) is 1. The van der Waals surface area contributed by atoms with Crippen molar-refractivity contribution in [1.82, 2.24) is 0 Å². The molecule has 1 N–H and O–H groups in total. The largest absolute Gasteiger partial charge is 0.380 e. The average Bonchev–Trinajstić information content (AvgIpc) is 2.21. The van der Waals surface area contributed by atoms with E-state index in [1.165, 1.54) is 22.4 Å². The van der Waals surface area contributed by atoms with Gasteiger partial charge in [0.25, 0.3) is 0 Å². The van der Waals surface area contributed by atoms with Gasteiger partial charge in [0.2, 0.25) is 0 Å². The van der Waals surface area contributed by atoms with Gasteiger partial charge in [0, 0.05) is 11.2 Å². The molecule has 1 rings (SSSR count). The Morgan fingerprint density at radius 2 is 0.913 bits per heavy atom. The Morgan fingerprint density at radius 3 is 1.13 bits per heavy atom. The first-order valence-electron chi connectivity index (χ1n) is 8.90. The van der Waals surface area contributed by atoms with Gasteiger partial charge in [0.05, 0.1) is 0 Å². The van der Waals surface area contributed by atoms with Gasteiger partial charge in [-0.3, -0.25) is 0 Å². The summed E-state index contributed by atoms with van der Waals surface area (Å²) < 4.78 is 0. The summed E-state index contributed by atoms with van der Waals surface area (Å²) in [6, 6.07) is 4.84. The lowest BCUT2D eigenvalue weighted by atomic mass is 9.74. The second-order valence-corrected chi connectivity index (χ2v) is 11.1. The zero-order valence-electron chi connectivity index (χ0n) is 17.7. The Hall–Kier alpha value is -0.980. The number of rotatable bonds is 1. The second kappa shape index (κ2) is 5.83. The van der Waals surface area contributed by atoms with Crippen molar-refractivity contribution in [2.75, 3.05) is 5.32 Å². The van der Waals surface area contributed by atoms with Crippen LogP contribution in [-0.2, 0) is 16.2 Å². The molecule has 0 saturated heterocycles. The molecule has 0 atom stereocenters. The van der Waals surface area contributed by atoms with E-state index in [0.29, 0.717) is 0 Å². The molecular weight excluding hydrogens is 278 g/mol. The molecule has 0 spiro atoms. The Bertz CT molecular complexity index is 517. The molecule has 1 aromatic rings. The van der Waals surface area contributed by atoms with Crippen molar-refractivity contribution in [3.63, 3.8) is 0 Å². The molecule has 0 saturated carbocycles. The van der Waals surface area contributed by atoms with Gasteiger partial charge in [-0.2, -0.15) is 0 Å². The van der Waals surface area contributed by atoms with Gasteiger partial charge in [-0.25, -0.2) is 0 Å². The molecule has 23 heavy (non-hydrogen) atoms. The fourth-order valence-electron chi connectivity index (χ4n) is 2.77. The third-order valence-electron chi connectivity index (χ3n) is 4.12. The first-order chi connectivity index (χ1) is 9.93. The zero-order chi connectivity index (χ0) is 18.4. The maximum atomic E-state index is 3.81. The van der Waals surface area contributed by atoms with Crippen LogP contribution in [0, 0.1) is 0 Å². The first-order valence-corrected chi connectivity index (χ1v) is 8.90. The van der Waals surface area contributed by atoms with E-state index in [-0.39, 0.29) is 21.8 Å². The first kappa shape index (κ1) is 20.1. The molecule has 0 aliphatic rings. The van der Waals surface area contributed by atoms with Crippen LogP contribution in [-0.4, -0.2) is 5.54 Å². The van der Waals surface area contributed by atoms with Crippen molar-refractivity contribution in [3.8, 4) is 0 Å². The highest BCUT2D eigenvalue weighted by Gasteiger charge is 2.30. The van der Waals surface area contributed by atoms with E-state index in [0.717, 1.165) is 0 Å². The molecule has 0 bridgehead atoms. The van der Waals surface area contributed by atoms with E-state index >= 15 is 0 Å². The zero-order valence-corrected chi connectivity index (χ0v) is 17.7. The van der Waals surface area contributed by atoms with Gasteiger partial charge in [-0.05, 0) is 53.7 Å². The summed E-state index contributed by atoms with van der Waals surface area (Å²) in [6.45, 7) is 27.5. The lowest BCUT2D eigenvalue weighted by Gasteiger charge is -2.36. The van der Waals surface area contributed by atoms with Crippen LogP contribution < -0.4 is 5.32 Å². The minimum atomic E-state index is 0.0449. The van der Waals surface area contributed by atoms with Crippen LogP contribution in [0.2, 0.25) is 0 Å². The van der Waals surface area contributed by atoms with Gasteiger partial charge in [0.1, 0.15) is 0 Å². The SMILES string of the molecule is CC(C)(C)Nc1c(C(C)(C)C)cc(C(C)(C)C)cc1C(C)(C)C. The average molecular weight is 318 g/mol. The van der Waals surface area contributed by atoms with Crippen LogP contribution in [0.1, 0.15) is 99.8 Å². The molecule has 0 aromatic heterocycles. The van der Waals surface area contributed by atoms with Crippen LogP contribution in [0.15, 0.2) is 12.1 Å². The lowest BCUT2D eigenvalue weighted by Crippen LogP contribution is -2.31. The topological polar surface area (TPSA) is 12.0 Å². The maximum Gasteiger partial charge on any atom is 0.0420 e. The number of hydrogen-bond acceptors (Lipinski definition) is 1. The van der Waals surface area contributed by atoms with E-state index in [4.69, 9.17) is 0 Å². The smallest absolute Gasteiger partial charge is 0.0420 e. The number of nitrogens with one attached hydrogen (secondary N) is 1. The molecule has 0 aliphatic heterocycles. The molecule has 132 valence electrons. The quantitative estimate of drug-likeness (QED) is 0.601. The minimum Gasteiger partial charge on any atom is -0.380 e. The van der Waals surface area contributed by atoms with Gasteiger partial charge >= 0.3 is 0 Å². The van der Waals surface area contributed by atoms with Crippen molar-refractivity contribution < 1.29 is 0 Å². The fourth-order valence-corrected chi connectivity index (χ4v) is 2.77. The van der Waals surface area contributed by atoms with E-state index in [2.05, 4.69) is 101 Å². The third kappa shape index (κ3) is 5.26. The summed E-state index contributed by atoms with van der Waals surface area (Å²) in [7, 11) is 0. The van der Waals surface area contributed by atoms with Gasteiger partial charge in [0.15, 0.2) is 0 Å². The Balaban J connectivity index is 3.82. The molecule has 1 aromatic carbocycles. The summed E-state index contributed by atoms with van der Waals surface area (Å²) in [4.78, 5) is 0. The van der Waals surface area contributed by atoms with E-state index in [1.54, 1.807) is 0 Å². The van der Waals surface area contributed by atoms with Crippen LogP contribution in [0.25, 0.3) is 0 Å². The number of anilines is 1. The molecule has 0 fully saturated rings. The van der Waals surface area contributed by atoms with E-state index in [1.807, 2.05) is 0 Å².